The summed E-state index contributed by atoms with van der Waals surface area (Å²) in [5, 5.41) is 10.2. The maximum Gasteiger partial charge on any atom is 0.270 e. The van der Waals surface area contributed by atoms with Crippen LogP contribution in [-0.4, -0.2) is 47.3 Å². The lowest BCUT2D eigenvalue weighted by atomic mass is 10.0. The number of ether oxygens (including phenoxy) is 1. The van der Waals surface area contributed by atoms with Gasteiger partial charge >= 0.3 is 0 Å². The summed E-state index contributed by atoms with van der Waals surface area (Å²) in [6, 6.07) is 6.91. The molecule has 1 aromatic carbocycles. The van der Waals surface area contributed by atoms with Crippen molar-refractivity contribution in [3.63, 3.8) is 0 Å². The van der Waals surface area contributed by atoms with Gasteiger partial charge in [0.1, 0.15) is 29.3 Å². The predicted octanol–water partition coefficient (Wildman–Crippen LogP) is 3.23. The van der Waals surface area contributed by atoms with Gasteiger partial charge in [0.2, 0.25) is 0 Å². The number of carbonyl (C=O) groups excluding carboxylic acids is 2. The largest absolute Gasteiger partial charge is 0.482 e. The molecule has 0 saturated heterocycles. The zero-order valence-corrected chi connectivity index (χ0v) is 22.4. The van der Waals surface area contributed by atoms with Gasteiger partial charge in [-0.05, 0) is 42.1 Å². The average Bonchev–Trinajstić information content (AvgIpc) is 2.92. The second kappa shape index (κ2) is 14.9. The van der Waals surface area contributed by atoms with Crippen LogP contribution in [0.3, 0.4) is 0 Å². The zero-order chi connectivity index (χ0) is 27.4. The minimum Gasteiger partial charge on any atom is -0.482 e. The Balaban J connectivity index is 0.000000604. The van der Waals surface area contributed by atoms with Crippen LogP contribution in [0.5, 0.6) is 5.75 Å². The number of nitrogens with one attached hydrogen (secondary N) is 2. The molecule has 0 saturated carbocycles. The van der Waals surface area contributed by atoms with Crippen molar-refractivity contribution in [2.75, 3.05) is 24.6 Å². The van der Waals surface area contributed by atoms with Crippen LogP contribution in [0, 0.1) is 17.2 Å². The van der Waals surface area contributed by atoms with E-state index in [1.807, 2.05) is 18.2 Å². The number of benzene rings is 1. The van der Waals surface area contributed by atoms with Crippen LogP contribution in [0.4, 0.5) is 5.69 Å². The first-order chi connectivity index (χ1) is 17.8. The number of nitrogens with two attached hydrogens (primary N) is 2. The quantitative estimate of drug-likeness (QED) is 0.266. The lowest BCUT2D eigenvalue weighted by Crippen LogP contribution is -2.41. The Morgan fingerprint density at radius 3 is 2.30 bits per heavy atom. The smallest absolute Gasteiger partial charge is 0.270 e. The Hall–Kier alpha value is -3.53. The molecule has 10 nitrogen and oxygen atoms in total. The van der Waals surface area contributed by atoms with E-state index in [0.29, 0.717) is 18.2 Å². The number of hydrogen-bond donors (Lipinski definition) is 4. The Kier molecular flexibility index (Phi) is 12.0. The van der Waals surface area contributed by atoms with Gasteiger partial charge in [0.25, 0.3) is 11.8 Å². The van der Waals surface area contributed by atoms with Crippen molar-refractivity contribution in [1.29, 1.82) is 5.41 Å². The van der Waals surface area contributed by atoms with Crippen LogP contribution in [0.2, 0.25) is 0 Å². The molecule has 1 aliphatic rings. The fourth-order valence-corrected chi connectivity index (χ4v) is 3.89. The molecule has 0 aliphatic carbocycles. The van der Waals surface area contributed by atoms with Gasteiger partial charge in [-0.1, -0.05) is 59.4 Å². The molecule has 0 radical (unpaired) electrons. The molecule has 0 bridgehead atoms. The van der Waals surface area contributed by atoms with E-state index in [1.54, 1.807) is 4.90 Å². The van der Waals surface area contributed by atoms with E-state index >= 15 is 0 Å². The highest BCUT2D eigenvalue weighted by atomic mass is 16.5. The van der Waals surface area contributed by atoms with Crippen molar-refractivity contribution >= 4 is 23.3 Å². The van der Waals surface area contributed by atoms with Crippen molar-refractivity contribution in [3.8, 4) is 5.75 Å². The van der Waals surface area contributed by atoms with Crippen molar-refractivity contribution in [3.05, 3.63) is 47.5 Å². The molecule has 6 N–H and O–H groups in total. The monoisotopic (exact) mass is 511 g/mol. The molecule has 202 valence electrons. The van der Waals surface area contributed by atoms with Gasteiger partial charge in [0, 0.05) is 13.1 Å². The number of anilines is 1. The molecule has 3 rings (SSSR count). The second-order valence-electron chi connectivity index (χ2n) is 9.08. The summed E-state index contributed by atoms with van der Waals surface area (Å²) in [5.74, 6) is 1.14. The van der Waals surface area contributed by atoms with Crippen molar-refractivity contribution in [2.45, 2.75) is 59.9 Å². The summed E-state index contributed by atoms with van der Waals surface area (Å²) >= 11 is 0. The first kappa shape index (κ1) is 29.7. The van der Waals surface area contributed by atoms with Crippen molar-refractivity contribution in [1.82, 2.24) is 15.3 Å². The summed E-state index contributed by atoms with van der Waals surface area (Å²) in [5.41, 5.74) is 12.7. The molecular weight excluding hydrogens is 470 g/mol. The summed E-state index contributed by atoms with van der Waals surface area (Å²) < 4.78 is 5.57. The molecule has 37 heavy (non-hydrogen) atoms. The fourth-order valence-electron chi connectivity index (χ4n) is 3.89. The molecule has 2 amide bonds. The highest BCUT2D eigenvalue weighted by Crippen LogP contribution is 2.34. The third-order valence-corrected chi connectivity index (χ3v) is 6.68. The van der Waals surface area contributed by atoms with Crippen molar-refractivity contribution < 1.29 is 14.3 Å². The Labute approximate surface area is 219 Å². The standard InChI is InChI=1S/C21H26N6O3.C6H15N/c1-3-13(4-2)10-27-17-7-14(5-6-18(17)30-11-19(27)28)9-24-21(29)16-8-15(20(22)23)25-12-26-16;1-3-6(4-2)5-7/h5-8,12-13H,3-4,9-11H2,1-2H3,(H3,22,23)(H,24,29);6H,3-5,7H2,1-2H3. The third-order valence-electron chi connectivity index (χ3n) is 6.68. The normalized spacial score (nSPS) is 12.5. The van der Waals surface area contributed by atoms with E-state index in [2.05, 4.69) is 43.0 Å². The van der Waals surface area contributed by atoms with Gasteiger partial charge in [0.15, 0.2) is 6.61 Å². The molecule has 1 aliphatic heterocycles. The highest BCUT2D eigenvalue weighted by molar-refractivity contribution is 5.98. The molecule has 2 heterocycles. The van der Waals surface area contributed by atoms with Gasteiger partial charge in [-0.3, -0.25) is 15.0 Å². The van der Waals surface area contributed by atoms with E-state index in [0.717, 1.165) is 36.6 Å². The zero-order valence-electron chi connectivity index (χ0n) is 22.4. The SMILES string of the molecule is CCC(CC)CN.CCC(CC)CN1C(=O)COc2ccc(CNC(=O)c3cc(C(=N)N)ncn3)cc21. The Morgan fingerprint density at radius 1 is 1.08 bits per heavy atom. The van der Waals surface area contributed by atoms with E-state index in [9.17, 15) is 9.59 Å². The van der Waals surface area contributed by atoms with Crippen LogP contribution in [0.15, 0.2) is 30.6 Å². The van der Waals surface area contributed by atoms with Gasteiger partial charge < -0.3 is 26.4 Å². The second-order valence-corrected chi connectivity index (χ2v) is 9.08. The number of amidine groups is 1. The molecule has 2 aromatic rings. The Bertz CT molecular complexity index is 1050. The highest BCUT2D eigenvalue weighted by Gasteiger charge is 2.27. The summed E-state index contributed by atoms with van der Waals surface area (Å²) in [6.45, 7) is 10.4. The van der Waals surface area contributed by atoms with Crippen LogP contribution < -0.4 is 26.4 Å². The molecule has 0 atom stereocenters. The number of rotatable bonds is 11. The fraction of sp³-hybridized carbons (Fsp3) is 0.519. The maximum absolute atomic E-state index is 12.5. The van der Waals surface area contributed by atoms with Gasteiger partial charge in [-0.2, -0.15) is 0 Å². The molecule has 0 unspecified atom stereocenters. The van der Waals surface area contributed by atoms with E-state index in [1.165, 1.54) is 25.2 Å². The van der Waals surface area contributed by atoms with Crippen LogP contribution in [0.1, 0.15) is 75.1 Å². The lowest BCUT2D eigenvalue weighted by Gasteiger charge is -2.32. The lowest BCUT2D eigenvalue weighted by molar-refractivity contribution is -0.121. The summed E-state index contributed by atoms with van der Waals surface area (Å²) in [6.07, 6.45) is 5.64. The first-order valence-corrected chi connectivity index (χ1v) is 13.0. The minimum atomic E-state index is -0.404. The summed E-state index contributed by atoms with van der Waals surface area (Å²) in [4.78, 5) is 34.4. The van der Waals surface area contributed by atoms with Gasteiger partial charge in [-0.15, -0.1) is 0 Å². The van der Waals surface area contributed by atoms with E-state index in [4.69, 9.17) is 21.6 Å². The number of aromatic nitrogens is 2. The first-order valence-electron chi connectivity index (χ1n) is 13.0. The third kappa shape index (κ3) is 8.52. The number of hydrogen-bond acceptors (Lipinski definition) is 7. The maximum atomic E-state index is 12.5. The minimum absolute atomic E-state index is 0.0371. The number of nitrogens with zero attached hydrogens (tertiary/aromatic N) is 3. The molecule has 1 aromatic heterocycles. The Morgan fingerprint density at radius 2 is 1.73 bits per heavy atom. The number of amides is 2. The van der Waals surface area contributed by atoms with Gasteiger partial charge in [-0.25, -0.2) is 9.97 Å². The summed E-state index contributed by atoms with van der Waals surface area (Å²) in [7, 11) is 0. The molecule has 10 heteroatoms. The van der Waals surface area contributed by atoms with Crippen LogP contribution >= 0.6 is 0 Å². The van der Waals surface area contributed by atoms with Gasteiger partial charge in [0.05, 0.1) is 5.69 Å². The molecule has 0 spiro atoms. The van der Waals surface area contributed by atoms with Crippen LogP contribution in [0.25, 0.3) is 0 Å². The number of carbonyl (C=O) groups is 2. The number of fused-ring (bicyclic) bond motifs is 1. The molecular formula is C27H41N7O3. The van der Waals surface area contributed by atoms with Crippen LogP contribution in [-0.2, 0) is 11.3 Å². The average molecular weight is 512 g/mol. The van der Waals surface area contributed by atoms with Crippen molar-refractivity contribution in [2.24, 2.45) is 23.3 Å². The molecule has 0 fully saturated rings. The topological polar surface area (TPSA) is 160 Å². The number of nitrogen functional groups attached to an aromatic ring is 1. The van der Waals surface area contributed by atoms with E-state index in [-0.39, 0.29) is 36.3 Å². The van der Waals surface area contributed by atoms with E-state index < -0.39 is 5.91 Å². The predicted molar refractivity (Wildman–Crippen MR) is 146 cm³/mol.